The molecule has 7 nitrogen and oxygen atoms in total. The van der Waals surface area contributed by atoms with Gasteiger partial charge in [0.15, 0.2) is 0 Å². The van der Waals surface area contributed by atoms with Crippen LogP contribution in [-0.4, -0.2) is 22.5 Å². The van der Waals surface area contributed by atoms with Crippen LogP contribution in [-0.2, 0) is 0 Å². The monoisotopic (exact) mass is 423 g/mol. The molecule has 0 atom stereocenters. The van der Waals surface area contributed by atoms with Crippen LogP contribution in [0.1, 0.15) is 21.6 Å². The van der Waals surface area contributed by atoms with E-state index in [0.717, 1.165) is 0 Å². The molecule has 2 aromatic heterocycles. The zero-order valence-electron chi connectivity index (χ0n) is 16.0. The van der Waals surface area contributed by atoms with Crippen LogP contribution in [0.4, 0.5) is 27.4 Å². The normalized spacial score (nSPS) is 13.2. The molecule has 9 heteroatoms. The quantitative estimate of drug-likeness (QED) is 0.616. The second-order valence-corrected chi connectivity index (χ2v) is 7.25. The van der Waals surface area contributed by atoms with Crippen molar-refractivity contribution < 1.29 is 9.18 Å². The van der Waals surface area contributed by atoms with Crippen LogP contribution in [0, 0.1) is 26.2 Å². The number of aromatic amines is 1. The van der Waals surface area contributed by atoms with Crippen molar-refractivity contribution in [3.8, 4) is 0 Å². The molecule has 1 aromatic carbocycles. The molecule has 0 spiro atoms. The van der Waals surface area contributed by atoms with Gasteiger partial charge in [-0.05, 0) is 49.7 Å². The van der Waals surface area contributed by atoms with Crippen LogP contribution in [0.3, 0.4) is 0 Å². The van der Waals surface area contributed by atoms with Gasteiger partial charge in [-0.1, -0.05) is 23.2 Å². The van der Waals surface area contributed by atoms with E-state index < -0.39 is 0 Å². The fourth-order valence-corrected chi connectivity index (χ4v) is 3.68. The second kappa shape index (κ2) is 7.28. The van der Waals surface area contributed by atoms with E-state index in [1.54, 1.807) is 30.9 Å². The second-order valence-electron chi connectivity index (χ2n) is 6.84. The van der Waals surface area contributed by atoms with Crippen LogP contribution in [0.2, 0.25) is 5.02 Å². The molecule has 0 radical (unpaired) electrons. The predicted octanol–water partition coefficient (Wildman–Crippen LogP) is 4.49. The van der Waals surface area contributed by atoms with Gasteiger partial charge in [-0.15, -0.1) is 0 Å². The average Bonchev–Trinajstić information content (AvgIpc) is 2.69. The van der Waals surface area contributed by atoms with Gasteiger partial charge in [0.1, 0.15) is 18.0 Å². The Kier molecular flexibility index (Phi) is 4.76. The predicted molar refractivity (Wildman–Crippen MR) is 112 cm³/mol. The Morgan fingerprint density at radius 1 is 1.13 bits per heavy atom. The maximum Gasteiger partial charge on any atom is 0.290 e. The van der Waals surface area contributed by atoms with Crippen LogP contribution in [0.15, 0.2) is 41.2 Å². The van der Waals surface area contributed by atoms with Crippen molar-refractivity contribution in [3.05, 3.63) is 85.8 Å². The standard InChI is InChI=1S/C21H15ClFN5O2/c1-11-8-13(23)4-5-16(11)27-10-28(17-6-7-18(29)25-12(17)2)21(30)14-9-15(22)19(24-3)26-20(14)27/h4-9H,10H2,1-2H3,(H,25,29). The summed E-state index contributed by atoms with van der Waals surface area (Å²) >= 11 is 6.16. The molecule has 30 heavy (non-hydrogen) atoms. The number of halogens is 2. The smallest absolute Gasteiger partial charge is 0.290 e. The Morgan fingerprint density at radius 3 is 2.53 bits per heavy atom. The van der Waals surface area contributed by atoms with Crippen molar-refractivity contribution >= 4 is 40.5 Å². The summed E-state index contributed by atoms with van der Waals surface area (Å²) in [6.45, 7) is 10.8. The number of carbonyl (C=O) groups is 1. The van der Waals surface area contributed by atoms with E-state index in [2.05, 4.69) is 14.8 Å². The van der Waals surface area contributed by atoms with Gasteiger partial charge in [0.05, 0.1) is 10.7 Å². The Morgan fingerprint density at radius 2 is 1.87 bits per heavy atom. The largest absolute Gasteiger partial charge is 0.359 e. The Bertz CT molecular complexity index is 1300. The fourth-order valence-electron chi connectivity index (χ4n) is 3.49. The number of hydrogen-bond acceptors (Lipinski definition) is 4. The van der Waals surface area contributed by atoms with Crippen molar-refractivity contribution in [1.82, 2.24) is 9.97 Å². The van der Waals surface area contributed by atoms with Gasteiger partial charge >= 0.3 is 0 Å². The number of hydrogen-bond donors (Lipinski definition) is 1. The fraction of sp³-hybridized carbons (Fsp3) is 0.143. The van der Waals surface area contributed by atoms with E-state index in [4.69, 9.17) is 18.2 Å². The van der Waals surface area contributed by atoms with E-state index in [9.17, 15) is 14.0 Å². The number of aromatic nitrogens is 2. The zero-order valence-corrected chi connectivity index (χ0v) is 16.8. The molecule has 4 rings (SSSR count). The van der Waals surface area contributed by atoms with E-state index >= 15 is 0 Å². The summed E-state index contributed by atoms with van der Waals surface area (Å²) in [5.41, 5.74) is 2.22. The van der Waals surface area contributed by atoms with Crippen LogP contribution in [0.25, 0.3) is 4.85 Å². The third kappa shape index (κ3) is 3.19. The highest BCUT2D eigenvalue weighted by atomic mass is 35.5. The molecule has 1 N–H and O–H groups in total. The molecule has 3 aromatic rings. The number of nitrogens with one attached hydrogen (secondary N) is 1. The highest BCUT2D eigenvalue weighted by Crippen LogP contribution is 2.39. The summed E-state index contributed by atoms with van der Waals surface area (Å²) in [7, 11) is 0. The Balaban J connectivity index is 1.95. The van der Waals surface area contributed by atoms with Crippen LogP contribution in [0.5, 0.6) is 0 Å². The lowest BCUT2D eigenvalue weighted by molar-refractivity contribution is 0.0983. The minimum Gasteiger partial charge on any atom is -0.359 e. The summed E-state index contributed by atoms with van der Waals surface area (Å²) in [5, 5.41) is 0.0629. The summed E-state index contributed by atoms with van der Waals surface area (Å²) in [4.78, 5) is 38.4. The number of rotatable bonds is 2. The molecule has 0 aliphatic carbocycles. The molecule has 1 aliphatic rings. The number of H-pyrrole nitrogens is 1. The molecule has 0 saturated heterocycles. The highest BCUT2D eigenvalue weighted by molar-refractivity contribution is 6.33. The topological polar surface area (TPSA) is 73.7 Å². The minimum atomic E-state index is -0.385. The van der Waals surface area contributed by atoms with E-state index in [1.807, 2.05) is 0 Å². The first-order valence-electron chi connectivity index (χ1n) is 8.93. The van der Waals surface area contributed by atoms with Crippen molar-refractivity contribution in [2.75, 3.05) is 16.5 Å². The number of fused-ring (bicyclic) bond motifs is 1. The Labute approximate surface area is 176 Å². The maximum absolute atomic E-state index is 13.7. The number of pyridine rings is 2. The highest BCUT2D eigenvalue weighted by Gasteiger charge is 2.36. The van der Waals surface area contributed by atoms with Gasteiger partial charge in [0.2, 0.25) is 11.4 Å². The molecule has 1 amide bonds. The summed E-state index contributed by atoms with van der Waals surface area (Å²) in [6, 6.07) is 8.61. The first-order chi connectivity index (χ1) is 14.3. The van der Waals surface area contributed by atoms with Crippen LogP contribution >= 0.6 is 11.6 Å². The molecular weight excluding hydrogens is 409 g/mol. The molecule has 0 unspecified atom stereocenters. The van der Waals surface area contributed by atoms with Crippen LogP contribution < -0.4 is 15.4 Å². The first kappa shape index (κ1) is 19.6. The lowest BCUT2D eigenvalue weighted by atomic mass is 10.1. The van der Waals surface area contributed by atoms with Gasteiger partial charge in [-0.25, -0.2) is 4.39 Å². The van der Waals surface area contributed by atoms with E-state index in [-0.39, 0.29) is 46.2 Å². The average molecular weight is 424 g/mol. The van der Waals surface area contributed by atoms with Crippen molar-refractivity contribution in [2.45, 2.75) is 13.8 Å². The Hall–Kier alpha value is -3.70. The maximum atomic E-state index is 13.7. The number of amides is 1. The van der Waals surface area contributed by atoms with Gasteiger partial charge in [-0.3, -0.25) is 19.4 Å². The molecule has 3 heterocycles. The van der Waals surface area contributed by atoms with Gasteiger partial charge in [-0.2, -0.15) is 0 Å². The number of anilines is 3. The zero-order chi connectivity index (χ0) is 21.6. The molecule has 1 aliphatic heterocycles. The van der Waals surface area contributed by atoms with Crippen molar-refractivity contribution in [3.63, 3.8) is 0 Å². The molecule has 0 saturated carbocycles. The molecule has 0 bridgehead atoms. The van der Waals surface area contributed by atoms with E-state index in [1.165, 1.54) is 29.2 Å². The number of benzene rings is 1. The lowest BCUT2D eigenvalue weighted by Gasteiger charge is -2.36. The SMILES string of the molecule is [C-]#[N+]c1nc2c(cc1Cl)C(=O)N(c1ccc(=O)[nH]c1C)CN2c1ccc(F)cc1C. The third-order valence-corrected chi connectivity index (χ3v) is 5.16. The first-order valence-corrected chi connectivity index (χ1v) is 9.31. The summed E-state index contributed by atoms with van der Waals surface area (Å²) < 4.78 is 13.7. The van der Waals surface area contributed by atoms with Gasteiger partial charge in [0, 0.05) is 17.4 Å². The van der Waals surface area contributed by atoms with Crippen molar-refractivity contribution in [2.24, 2.45) is 0 Å². The number of aryl methyl sites for hydroxylation is 2. The number of nitrogens with zero attached hydrogens (tertiary/aromatic N) is 4. The van der Waals surface area contributed by atoms with Gasteiger partial charge < -0.3 is 9.83 Å². The molecule has 150 valence electrons. The number of carbonyl (C=O) groups excluding carboxylic acids is 1. The summed E-state index contributed by atoms with van der Waals surface area (Å²) in [6.07, 6.45) is 0. The molecular formula is C21H15ClFN5O2. The third-order valence-electron chi connectivity index (χ3n) is 4.89. The minimum absolute atomic E-state index is 0.0262. The summed E-state index contributed by atoms with van der Waals surface area (Å²) in [5.74, 6) is -0.518. The van der Waals surface area contributed by atoms with Crippen molar-refractivity contribution in [1.29, 1.82) is 0 Å². The van der Waals surface area contributed by atoms with Gasteiger partial charge in [0.25, 0.3) is 11.7 Å². The lowest BCUT2D eigenvalue weighted by Crippen LogP contribution is -2.46. The van der Waals surface area contributed by atoms with E-state index in [0.29, 0.717) is 22.6 Å². The molecule has 0 fully saturated rings.